The Bertz CT molecular complexity index is 280. The fourth-order valence-electron chi connectivity index (χ4n) is 3.14. The van der Waals surface area contributed by atoms with E-state index in [9.17, 15) is 4.79 Å². The maximum absolute atomic E-state index is 11.8. The third kappa shape index (κ3) is 4.45. The summed E-state index contributed by atoms with van der Waals surface area (Å²) in [6, 6.07) is -0.444. The molecule has 3 N–H and O–H groups in total. The summed E-state index contributed by atoms with van der Waals surface area (Å²) in [6.07, 6.45) is 8.50. The van der Waals surface area contributed by atoms with Crippen molar-refractivity contribution in [3.63, 3.8) is 0 Å². The average molecular weight is 252 g/mol. The van der Waals surface area contributed by atoms with E-state index in [0.717, 1.165) is 6.54 Å². The van der Waals surface area contributed by atoms with Gasteiger partial charge in [0.2, 0.25) is 5.91 Å². The van der Waals surface area contributed by atoms with E-state index in [0.29, 0.717) is 17.8 Å². The minimum absolute atomic E-state index is 0.0371. The van der Waals surface area contributed by atoms with Crippen LogP contribution in [0.4, 0.5) is 0 Å². The zero-order valence-corrected chi connectivity index (χ0v) is 11.9. The summed E-state index contributed by atoms with van der Waals surface area (Å²) in [5, 5.41) is 3.04. The number of amides is 1. The van der Waals surface area contributed by atoms with Crippen molar-refractivity contribution in [1.82, 2.24) is 5.32 Å². The molecule has 1 unspecified atom stereocenters. The molecule has 0 heterocycles. The quantitative estimate of drug-likeness (QED) is 0.684. The first-order valence-corrected chi connectivity index (χ1v) is 7.13. The van der Waals surface area contributed by atoms with Crippen molar-refractivity contribution in [2.24, 2.45) is 17.1 Å². The summed E-state index contributed by atoms with van der Waals surface area (Å²) in [4.78, 5) is 11.8. The van der Waals surface area contributed by atoms with Crippen molar-refractivity contribution in [2.75, 3.05) is 6.54 Å². The Morgan fingerprint density at radius 3 is 2.56 bits per heavy atom. The van der Waals surface area contributed by atoms with E-state index in [-0.39, 0.29) is 5.91 Å². The standard InChI is InChI=1S/C15H28N2O/c1-4-7-13(16)14(18)17-11-15(10-12(2)3)8-5-6-9-15/h4,12-13H,1,5-11,16H2,2-3H3,(H,17,18). The topological polar surface area (TPSA) is 55.1 Å². The first-order valence-electron chi connectivity index (χ1n) is 7.13. The molecule has 0 aromatic carbocycles. The van der Waals surface area contributed by atoms with Crippen LogP contribution in [0, 0.1) is 11.3 Å². The number of carbonyl (C=O) groups excluding carboxylic acids is 1. The van der Waals surface area contributed by atoms with Gasteiger partial charge in [-0.3, -0.25) is 4.79 Å². The van der Waals surface area contributed by atoms with Crippen LogP contribution in [0.2, 0.25) is 0 Å². The SMILES string of the molecule is C=CCC(N)C(=O)NCC1(CC(C)C)CCCC1. The molecule has 1 rings (SSSR count). The summed E-state index contributed by atoms with van der Waals surface area (Å²) in [5.74, 6) is 0.645. The lowest BCUT2D eigenvalue weighted by Gasteiger charge is -2.31. The van der Waals surface area contributed by atoms with Crippen molar-refractivity contribution in [1.29, 1.82) is 0 Å². The molecule has 0 saturated heterocycles. The van der Waals surface area contributed by atoms with Crippen molar-refractivity contribution < 1.29 is 4.79 Å². The largest absolute Gasteiger partial charge is 0.354 e. The van der Waals surface area contributed by atoms with Gasteiger partial charge in [0.25, 0.3) is 0 Å². The maximum atomic E-state index is 11.8. The lowest BCUT2D eigenvalue weighted by molar-refractivity contribution is -0.122. The Kier molecular flexibility index (Phi) is 5.86. The Morgan fingerprint density at radius 1 is 1.44 bits per heavy atom. The molecule has 1 fully saturated rings. The lowest BCUT2D eigenvalue weighted by Crippen LogP contribution is -2.44. The van der Waals surface area contributed by atoms with Crippen LogP contribution < -0.4 is 11.1 Å². The van der Waals surface area contributed by atoms with Crippen LogP contribution in [0.1, 0.15) is 52.4 Å². The number of carbonyl (C=O) groups is 1. The van der Waals surface area contributed by atoms with Crippen LogP contribution in [0.5, 0.6) is 0 Å². The zero-order valence-electron chi connectivity index (χ0n) is 11.9. The van der Waals surface area contributed by atoms with E-state index in [1.165, 1.54) is 32.1 Å². The van der Waals surface area contributed by atoms with Gasteiger partial charge in [-0.2, -0.15) is 0 Å². The van der Waals surface area contributed by atoms with Gasteiger partial charge in [0.1, 0.15) is 0 Å². The van der Waals surface area contributed by atoms with Gasteiger partial charge in [0.05, 0.1) is 6.04 Å². The summed E-state index contributed by atoms with van der Waals surface area (Å²) >= 11 is 0. The fraction of sp³-hybridized carbons (Fsp3) is 0.800. The highest BCUT2D eigenvalue weighted by Crippen LogP contribution is 2.42. The van der Waals surface area contributed by atoms with E-state index in [4.69, 9.17) is 5.73 Å². The molecule has 1 amide bonds. The van der Waals surface area contributed by atoms with Crippen LogP contribution in [0.15, 0.2) is 12.7 Å². The first kappa shape index (κ1) is 15.2. The van der Waals surface area contributed by atoms with Gasteiger partial charge in [-0.25, -0.2) is 0 Å². The predicted molar refractivity (Wildman–Crippen MR) is 76.2 cm³/mol. The van der Waals surface area contributed by atoms with Crippen LogP contribution in [0.3, 0.4) is 0 Å². The van der Waals surface area contributed by atoms with E-state index in [1.807, 2.05) is 0 Å². The van der Waals surface area contributed by atoms with Crippen molar-refractivity contribution in [3.8, 4) is 0 Å². The van der Waals surface area contributed by atoms with Gasteiger partial charge in [-0.15, -0.1) is 6.58 Å². The highest BCUT2D eigenvalue weighted by molar-refractivity contribution is 5.81. The van der Waals surface area contributed by atoms with Crippen LogP contribution >= 0.6 is 0 Å². The van der Waals surface area contributed by atoms with Crippen LogP contribution in [-0.2, 0) is 4.79 Å². The smallest absolute Gasteiger partial charge is 0.237 e. The van der Waals surface area contributed by atoms with Gasteiger partial charge in [-0.1, -0.05) is 32.8 Å². The number of hydrogen-bond acceptors (Lipinski definition) is 2. The van der Waals surface area contributed by atoms with E-state index >= 15 is 0 Å². The third-order valence-corrected chi connectivity index (χ3v) is 3.90. The summed E-state index contributed by atoms with van der Waals surface area (Å²) in [6.45, 7) is 8.91. The van der Waals surface area contributed by atoms with Gasteiger partial charge in [0, 0.05) is 6.54 Å². The Morgan fingerprint density at radius 2 is 2.06 bits per heavy atom. The Balaban J connectivity index is 2.47. The van der Waals surface area contributed by atoms with Gasteiger partial charge in [0.15, 0.2) is 0 Å². The molecule has 0 bridgehead atoms. The van der Waals surface area contributed by atoms with Crippen molar-refractivity contribution in [2.45, 2.75) is 58.4 Å². The molecule has 0 aliphatic heterocycles. The predicted octanol–water partition coefficient (Wildman–Crippen LogP) is 2.61. The molecular formula is C15H28N2O. The fourth-order valence-corrected chi connectivity index (χ4v) is 3.14. The molecule has 3 heteroatoms. The third-order valence-electron chi connectivity index (χ3n) is 3.90. The normalized spacial score (nSPS) is 19.8. The minimum atomic E-state index is -0.444. The second-order valence-corrected chi connectivity index (χ2v) is 6.15. The second-order valence-electron chi connectivity index (χ2n) is 6.15. The van der Waals surface area contributed by atoms with Crippen LogP contribution in [0.25, 0.3) is 0 Å². The highest BCUT2D eigenvalue weighted by Gasteiger charge is 2.34. The first-order chi connectivity index (χ1) is 8.49. The molecule has 0 spiro atoms. The van der Waals surface area contributed by atoms with E-state index < -0.39 is 6.04 Å². The molecule has 1 aliphatic carbocycles. The number of nitrogens with two attached hydrogens (primary N) is 1. The summed E-state index contributed by atoms with van der Waals surface area (Å²) < 4.78 is 0. The van der Waals surface area contributed by atoms with Gasteiger partial charge in [-0.05, 0) is 37.0 Å². The van der Waals surface area contributed by atoms with E-state index in [1.54, 1.807) is 6.08 Å². The van der Waals surface area contributed by atoms with Crippen LogP contribution in [-0.4, -0.2) is 18.5 Å². The zero-order chi connectivity index (χ0) is 13.6. The van der Waals surface area contributed by atoms with Crippen molar-refractivity contribution >= 4 is 5.91 Å². The number of nitrogens with one attached hydrogen (secondary N) is 1. The summed E-state index contributed by atoms with van der Waals surface area (Å²) in [5.41, 5.74) is 6.09. The Labute approximate surface area is 111 Å². The highest BCUT2D eigenvalue weighted by atomic mass is 16.2. The van der Waals surface area contributed by atoms with Gasteiger partial charge < -0.3 is 11.1 Å². The monoisotopic (exact) mass is 252 g/mol. The molecular weight excluding hydrogens is 224 g/mol. The molecule has 1 atom stereocenters. The molecule has 0 aromatic rings. The molecule has 104 valence electrons. The number of rotatable bonds is 7. The molecule has 18 heavy (non-hydrogen) atoms. The average Bonchev–Trinajstić information content (AvgIpc) is 2.74. The second kappa shape index (κ2) is 6.93. The van der Waals surface area contributed by atoms with Gasteiger partial charge >= 0.3 is 0 Å². The molecule has 0 radical (unpaired) electrons. The summed E-state index contributed by atoms with van der Waals surface area (Å²) in [7, 11) is 0. The molecule has 3 nitrogen and oxygen atoms in total. The molecule has 1 saturated carbocycles. The maximum Gasteiger partial charge on any atom is 0.237 e. The molecule has 1 aliphatic rings. The Hall–Kier alpha value is -0.830. The molecule has 0 aromatic heterocycles. The number of hydrogen-bond donors (Lipinski definition) is 2. The lowest BCUT2D eigenvalue weighted by atomic mass is 9.78. The van der Waals surface area contributed by atoms with E-state index in [2.05, 4.69) is 25.7 Å². The van der Waals surface area contributed by atoms with Crippen molar-refractivity contribution in [3.05, 3.63) is 12.7 Å². The minimum Gasteiger partial charge on any atom is -0.354 e.